The van der Waals surface area contributed by atoms with Gasteiger partial charge in [-0.1, -0.05) is 30.3 Å². The molecule has 2 heterocycles. The summed E-state index contributed by atoms with van der Waals surface area (Å²) in [7, 11) is 0. The molecule has 0 spiro atoms. The van der Waals surface area contributed by atoms with Gasteiger partial charge >= 0.3 is 0 Å². The van der Waals surface area contributed by atoms with E-state index in [2.05, 4.69) is 20.4 Å². The van der Waals surface area contributed by atoms with Crippen LogP contribution in [0, 0.1) is 13.8 Å². The van der Waals surface area contributed by atoms with Gasteiger partial charge < -0.3 is 4.74 Å². The van der Waals surface area contributed by atoms with E-state index >= 15 is 0 Å². The highest BCUT2D eigenvalue weighted by Crippen LogP contribution is 2.14. The Kier molecular flexibility index (Phi) is 4.97. The number of benzene rings is 2. The SMILES string of the molecule is Cc1cc(C)n(-c2nncn2/N=C\c2ccc(OCc3ccccc3)cc2)n1. The van der Waals surface area contributed by atoms with E-state index in [0.717, 1.165) is 28.3 Å². The van der Waals surface area contributed by atoms with Crippen molar-refractivity contribution in [1.29, 1.82) is 0 Å². The van der Waals surface area contributed by atoms with Crippen molar-refractivity contribution >= 4 is 6.21 Å². The van der Waals surface area contributed by atoms with E-state index < -0.39 is 0 Å². The van der Waals surface area contributed by atoms with Crippen LogP contribution in [0.25, 0.3) is 5.95 Å². The van der Waals surface area contributed by atoms with Gasteiger partial charge in [-0.25, -0.2) is 4.68 Å². The zero-order valence-electron chi connectivity index (χ0n) is 15.7. The van der Waals surface area contributed by atoms with Gasteiger partial charge in [0.1, 0.15) is 18.7 Å². The number of hydrogen-bond acceptors (Lipinski definition) is 5. The summed E-state index contributed by atoms with van der Waals surface area (Å²) in [5.41, 5.74) is 3.97. The van der Waals surface area contributed by atoms with E-state index in [1.165, 1.54) is 0 Å². The molecule has 0 atom stereocenters. The van der Waals surface area contributed by atoms with Crippen molar-refractivity contribution in [2.45, 2.75) is 20.5 Å². The summed E-state index contributed by atoms with van der Waals surface area (Å²) < 4.78 is 9.13. The normalized spacial score (nSPS) is 11.2. The number of aryl methyl sites for hydroxylation is 2. The highest BCUT2D eigenvalue weighted by Gasteiger charge is 2.10. The van der Waals surface area contributed by atoms with Crippen molar-refractivity contribution in [3.8, 4) is 11.7 Å². The molecule has 28 heavy (non-hydrogen) atoms. The summed E-state index contributed by atoms with van der Waals surface area (Å²) in [6.07, 6.45) is 3.30. The van der Waals surface area contributed by atoms with Crippen molar-refractivity contribution in [3.05, 3.63) is 89.5 Å². The zero-order valence-corrected chi connectivity index (χ0v) is 15.7. The quantitative estimate of drug-likeness (QED) is 0.486. The monoisotopic (exact) mass is 372 g/mol. The Morgan fingerprint density at radius 3 is 2.54 bits per heavy atom. The molecule has 0 aliphatic heterocycles. The van der Waals surface area contributed by atoms with Crippen molar-refractivity contribution in [2.24, 2.45) is 5.10 Å². The zero-order chi connectivity index (χ0) is 19.3. The summed E-state index contributed by atoms with van der Waals surface area (Å²) in [6, 6.07) is 19.8. The lowest BCUT2D eigenvalue weighted by molar-refractivity contribution is 0.306. The third-order valence-electron chi connectivity index (χ3n) is 4.17. The topological polar surface area (TPSA) is 70.1 Å². The van der Waals surface area contributed by atoms with E-state index in [4.69, 9.17) is 4.74 Å². The highest BCUT2D eigenvalue weighted by molar-refractivity contribution is 5.79. The Morgan fingerprint density at radius 1 is 1.04 bits per heavy atom. The Hall–Kier alpha value is -3.74. The van der Waals surface area contributed by atoms with Gasteiger partial charge in [-0.05, 0) is 55.3 Å². The van der Waals surface area contributed by atoms with Gasteiger partial charge in [-0.3, -0.25) is 0 Å². The van der Waals surface area contributed by atoms with Crippen molar-refractivity contribution < 1.29 is 4.74 Å². The predicted octanol–water partition coefficient (Wildman–Crippen LogP) is 3.54. The molecule has 0 unspecified atom stereocenters. The molecule has 4 aromatic rings. The third-order valence-corrected chi connectivity index (χ3v) is 4.17. The average Bonchev–Trinajstić information content (AvgIpc) is 3.31. The first-order valence-corrected chi connectivity index (χ1v) is 8.94. The van der Waals surface area contributed by atoms with Crippen LogP contribution < -0.4 is 4.74 Å². The molecular weight excluding hydrogens is 352 g/mol. The summed E-state index contributed by atoms with van der Waals surface area (Å²) in [5, 5.41) is 16.9. The maximum absolute atomic E-state index is 5.81. The average molecular weight is 372 g/mol. The molecule has 0 saturated carbocycles. The highest BCUT2D eigenvalue weighted by atomic mass is 16.5. The fourth-order valence-electron chi connectivity index (χ4n) is 2.80. The van der Waals surface area contributed by atoms with Gasteiger partial charge in [0.25, 0.3) is 5.95 Å². The fourth-order valence-corrected chi connectivity index (χ4v) is 2.80. The third kappa shape index (κ3) is 3.98. The Balaban J connectivity index is 1.44. The Bertz CT molecular complexity index is 1080. The van der Waals surface area contributed by atoms with Gasteiger partial charge in [0.2, 0.25) is 0 Å². The fraction of sp³-hybridized carbons (Fsp3) is 0.143. The Morgan fingerprint density at radius 2 is 1.82 bits per heavy atom. The molecule has 0 aliphatic carbocycles. The molecule has 0 N–H and O–H groups in total. The van der Waals surface area contributed by atoms with Gasteiger partial charge in [0.15, 0.2) is 0 Å². The summed E-state index contributed by atoms with van der Waals surface area (Å²) >= 11 is 0. The van der Waals surface area contributed by atoms with Crippen LogP contribution in [0.1, 0.15) is 22.5 Å². The van der Waals surface area contributed by atoms with E-state index in [1.807, 2.05) is 74.5 Å². The van der Waals surface area contributed by atoms with Crippen molar-refractivity contribution in [3.63, 3.8) is 0 Å². The van der Waals surface area contributed by atoms with E-state index in [9.17, 15) is 0 Å². The molecule has 0 bridgehead atoms. The van der Waals surface area contributed by atoms with E-state index in [0.29, 0.717) is 12.6 Å². The van der Waals surface area contributed by atoms with Crippen LogP contribution in [0.2, 0.25) is 0 Å². The lowest BCUT2D eigenvalue weighted by Gasteiger charge is -2.06. The van der Waals surface area contributed by atoms with Gasteiger partial charge in [-0.15, -0.1) is 10.2 Å². The maximum Gasteiger partial charge on any atom is 0.273 e. The smallest absolute Gasteiger partial charge is 0.273 e. The van der Waals surface area contributed by atoms with Crippen molar-refractivity contribution in [1.82, 2.24) is 24.7 Å². The molecule has 7 nitrogen and oxygen atoms in total. The first-order valence-electron chi connectivity index (χ1n) is 8.94. The van der Waals surface area contributed by atoms with Gasteiger partial charge in [0.05, 0.1) is 11.9 Å². The lowest BCUT2D eigenvalue weighted by Crippen LogP contribution is -2.06. The molecule has 4 rings (SSSR count). The van der Waals surface area contributed by atoms with Crippen LogP contribution in [-0.2, 0) is 6.61 Å². The number of ether oxygens (including phenoxy) is 1. The van der Waals surface area contributed by atoms with Crippen LogP contribution >= 0.6 is 0 Å². The van der Waals surface area contributed by atoms with Gasteiger partial charge in [0, 0.05) is 5.69 Å². The van der Waals surface area contributed by atoms with Crippen LogP contribution in [0.4, 0.5) is 0 Å². The summed E-state index contributed by atoms with van der Waals surface area (Å²) in [5.74, 6) is 1.36. The number of rotatable bonds is 6. The van der Waals surface area contributed by atoms with E-state index in [-0.39, 0.29) is 0 Å². The predicted molar refractivity (Wildman–Crippen MR) is 107 cm³/mol. The molecule has 0 radical (unpaired) electrons. The largest absolute Gasteiger partial charge is 0.489 e. The molecule has 0 fully saturated rings. The number of nitrogens with zero attached hydrogens (tertiary/aromatic N) is 6. The molecule has 0 amide bonds. The minimum atomic E-state index is 0.543. The van der Waals surface area contributed by atoms with Crippen LogP contribution in [0.15, 0.2) is 72.1 Å². The molecule has 140 valence electrons. The molecule has 0 saturated heterocycles. The van der Waals surface area contributed by atoms with Crippen molar-refractivity contribution in [2.75, 3.05) is 0 Å². The van der Waals surface area contributed by atoms with Crippen LogP contribution in [0.5, 0.6) is 5.75 Å². The van der Waals surface area contributed by atoms with E-state index in [1.54, 1.807) is 21.9 Å². The molecule has 2 aromatic carbocycles. The summed E-state index contributed by atoms with van der Waals surface area (Å²) in [4.78, 5) is 0. The standard InChI is InChI=1S/C21H20N6O/c1-16-12-17(2)27(25-16)21-24-22-15-26(21)23-13-18-8-10-20(11-9-18)28-14-19-6-4-3-5-7-19/h3-13,15H,14H2,1-2H3/b23-13-. The molecule has 7 heteroatoms. The lowest BCUT2D eigenvalue weighted by atomic mass is 10.2. The first kappa shape index (κ1) is 17.7. The van der Waals surface area contributed by atoms with Crippen LogP contribution in [-0.4, -0.2) is 30.9 Å². The minimum Gasteiger partial charge on any atom is -0.489 e. The first-order chi connectivity index (χ1) is 13.7. The summed E-state index contributed by atoms with van der Waals surface area (Å²) in [6.45, 7) is 4.45. The molecule has 2 aromatic heterocycles. The second-order valence-electron chi connectivity index (χ2n) is 6.40. The van der Waals surface area contributed by atoms with Crippen LogP contribution in [0.3, 0.4) is 0 Å². The second-order valence-corrected chi connectivity index (χ2v) is 6.40. The number of aromatic nitrogens is 5. The van der Waals surface area contributed by atoms with Gasteiger partial charge in [-0.2, -0.15) is 14.9 Å². The minimum absolute atomic E-state index is 0.543. The second kappa shape index (κ2) is 7.87. The Labute approximate surface area is 162 Å². The molecular formula is C21H20N6O. The maximum atomic E-state index is 5.81. The number of hydrogen-bond donors (Lipinski definition) is 0. The molecule has 0 aliphatic rings.